The molecule has 0 fully saturated rings. The SMILES string of the molecule is Cc1cc(I)ccc1NC(=O)CCC(=O)N/N=C\c1ccccc1Cl. The van der Waals surface area contributed by atoms with Crippen LogP contribution in [0.5, 0.6) is 0 Å². The molecule has 0 saturated heterocycles. The summed E-state index contributed by atoms with van der Waals surface area (Å²) in [5.41, 5.74) is 4.83. The second-order valence-electron chi connectivity index (χ2n) is 5.32. The minimum absolute atomic E-state index is 0.0507. The number of anilines is 1. The first-order valence-electron chi connectivity index (χ1n) is 7.58. The van der Waals surface area contributed by atoms with Crippen molar-refractivity contribution in [2.45, 2.75) is 19.8 Å². The maximum atomic E-state index is 11.9. The number of amides is 2. The van der Waals surface area contributed by atoms with Crippen LogP contribution < -0.4 is 10.7 Å². The third kappa shape index (κ3) is 6.47. The van der Waals surface area contributed by atoms with Gasteiger partial charge in [-0.05, 0) is 59.3 Å². The van der Waals surface area contributed by atoms with Crippen molar-refractivity contribution in [1.82, 2.24) is 5.43 Å². The number of nitrogens with one attached hydrogen (secondary N) is 2. The van der Waals surface area contributed by atoms with E-state index in [1.807, 2.05) is 37.3 Å². The molecule has 0 atom stereocenters. The fraction of sp³-hybridized carbons (Fsp3) is 0.167. The molecule has 0 bridgehead atoms. The van der Waals surface area contributed by atoms with Gasteiger partial charge in [0.05, 0.1) is 6.21 Å². The van der Waals surface area contributed by atoms with Crippen molar-refractivity contribution in [1.29, 1.82) is 0 Å². The number of halogens is 2. The molecule has 25 heavy (non-hydrogen) atoms. The lowest BCUT2D eigenvalue weighted by Crippen LogP contribution is -2.20. The van der Waals surface area contributed by atoms with Crippen LogP contribution in [-0.2, 0) is 9.59 Å². The highest BCUT2D eigenvalue weighted by Crippen LogP contribution is 2.18. The van der Waals surface area contributed by atoms with Crippen LogP contribution in [0.1, 0.15) is 24.0 Å². The second kappa shape index (κ2) is 9.53. The van der Waals surface area contributed by atoms with Crippen molar-refractivity contribution in [2.24, 2.45) is 5.10 Å². The minimum Gasteiger partial charge on any atom is -0.326 e. The van der Waals surface area contributed by atoms with Gasteiger partial charge in [-0.15, -0.1) is 0 Å². The summed E-state index contributed by atoms with van der Waals surface area (Å²) in [4.78, 5) is 23.7. The van der Waals surface area contributed by atoms with E-state index in [4.69, 9.17) is 11.6 Å². The monoisotopic (exact) mass is 469 g/mol. The number of benzene rings is 2. The Morgan fingerprint density at radius 2 is 1.88 bits per heavy atom. The first kappa shape index (κ1) is 19.4. The van der Waals surface area contributed by atoms with Crippen molar-refractivity contribution in [3.8, 4) is 0 Å². The van der Waals surface area contributed by atoms with Crippen LogP contribution in [0, 0.1) is 10.5 Å². The summed E-state index contributed by atoms with van der Waals surface area (Å²) >= 11 is 8.20. The van der Waals surface area contributed by atoms with Gasteiger partial charge >= 0.3 is 0 Å². The third-order valence-electron chi connectivity index (χ3n) is 3.34. The van der Waals surface area contributed by atoms with Gasteiger partial charge in [0.1, 0.15) is 0 Å². The molecular weight excluding hydrogens is 453 g/mol. The Hall–Kier alpha value is -1.93. The number of aryl methyl sites for hydroxylation is 1. The lowest BCUT2D eigenvalue weighted by Gasteiger charge is -2.08. The Kier molecular flexibility index (Phi) is 7.39. The molecule has 0 radical (unpaired) electrons. The molecule has 2 N–H and O–H groups in total. The van der Waals surface area contributed by atoms with E-state index in [1.54, 1.807) is 12.1 Å². The smallest absolute Gasteiger partial charge is 0.240 e. The molecule has 2 aromatic rings. The molecule has 2 rings (SSSR count). The summed E-state index contributed by atoms with van der Waals surface area (Å²) < 4.78 is 1.10. The van der Waals surface area contributed by atoms with E-state index in [0.29, 0.717) is 10.6 Å². The van der Waals surface area contributed by atoms with Gasteiger partial charge in [0.15, 0.2) is 0 Å². The van der Waals surface area contributed by atoms with E-state index in [-0.39, 0.29) is 24.7 Å². The zero-order chi connectivity index (χ0) is 18.2. The molecule has 0 aliphatic rings. The van der Waals surface area contributed by atoms with E-state index in [0.717, 1.165) is 14.8 Å². The molecule has 2 aromatic carbocycles. The zero-order valence-corrected chi connectivity index (χ0v) is 16.5. The topological polar surface area (TPSA) is 70.6 Å². The van der Waals surface area contributed by atoms with E-state index >= 15 is 0 Å². The number of hydrogen-bond acceptors (Lipinski definition) is 3. The molecule has 0 unspecified atom stereocenters. The number of carbonyl (C=O) groups excluding carboxylic acids is 2. The standard InChI is InChI=1S/C18H17ClIN3O2/c1-12-10-14(20)6-7-16(12)22-17(24)8-9-18(25)23-21-11-13-4-2-3-5-15(13)19/h2-7,10-11H,8-9H2,1H3,(H,22,24)(H,23,25)/b21-11-. The molecule has 0 aliphatic carbocycles. The summed E-state index contributed by atoms with van der Waals surface area (Å²) in [5, 5.41) is 7.20. The molecular formula is C18H17ClIN3O2. The van der Waals surface area contributed by atoms with Gasteiger partial charge in [-0.25, -0.2) is 5.43 Å². The number of hydrogen-bond donors (Lipinski definition) is 2. The predicted octanol–water partition coefficient (Wildman–Crippen LogP) is 4.12. The molecule has 130 valence electrons. The highest BCUT2D eigenvalue weighted by molar-refractivity contribution is 14.1. The van der Waals surface area contributed by atoms with Crippen molar-refractivity contribution in [3.63, 3.8) is 0 Å². The van der Waals surface area contributed by atoms with Gasteiger partial charge in [0, 0.05) is 32.7 Å². The zero-order valence-electron chi connectivity index (χ0n) is 13.6. The number of carbonyl (C=O) groups is 2. The summed E-state index contributed by atoms with van der Waals surface area (Å²) in [5.74, 6) is -0.549. The number of nitrogens with zero attached hydrogens (tertiary/aromatic N) is 1. The summed E-state index contributed by atoms with van der Waals surface area (Å²) in [7, 11) is 0. The Morgan fingerprint density at radius 3 is 2.60 bits per heavy atom. The number of hydrazone groups is 1. The largest absolute Gasteiger partial charge is 0.326 e. The van der Waals surface area contributed by atoms with Crippen LogP contribution in [0.2, 0.25) is 5.02 Å². The molecule has 0 heterocycles. The Morgan fingerprint density at radius 1 is 1.16 bits per heavy atom. The minimum atomic E-state index is -0.335. The predicted molar refractivity (Wildman–Crippen MR) is 109 cm³/mol. The lowest BCUT2D eigenvalue weighted by atomic mass is 10.2. The van der Waals surface area contributed by atoms with E-state index in [1.165, 1.54) is 6.21 Å². The van der Waals surface area contributed by atoms with Crippen LogP contribution in [-0.4, -0.2) is 18.0 Å². The maximum absolute atomic E-state index is 11.9. The normalized spacial score (nSPS) is 10.7. The third-order valence-corrected chi connectivity index (χ3v) is 4.35. The Bertz CT molecular complexity index is 809. The van der Waals surface area contributed by atoms with Crippen molar-refractivity contribution in [2.75, 3.05) is 5.32 Å². The number of rotatable bonds is 6. The van der Waals surface area contributed by atoms with Gasteiger partial charge < -0.3 is 5.32 Å². The Labute approximate surface area is 165 Å². The van der Waals surface area contributed by atoms with Crippen LogP contribution in [0.4, 0.5) is 5.69 Å². The molecule has 0 aliphatic heterocycles. The fourth-order valence-electron chi connectivity index (χ4n) is 2.02. The van der Waals surface area contributed by atoms with Gasteiger partial charge in [0.25, 0.3) is 0 Å². The highest BCUT2D eigenvalue weighted by atomic mass is 127. The maximum Gasteiger partial charge on any atom is 0.240 e. The van der Waals surface area contributed by atoms with Gasteiger partial charge in [0.2, 0.25) is 11.8 Å². The lowest BCUT2D eigenvalue weighted by molar-refractivity contribution is -0.124. The van der Waals surface area contributed by atoms with Gasteiger partial charge in [-0.2, -0.15) is 5.10 Å². The molecule has 5 nitrogen and oxygen atoms in total. The molecule has 2 amide bonds. The quantitative estimate of drug-likeness (QED) is 0.379. The van der Waals surface area contributed by atoms with E-state index < -0.39 is 0 Å². The average Bonchev–Trinajstić information content (AvgIpc) is 2.57. The molecule has 0 spiro atoms. The Balaban J connectivity index is 1.77. The van der Waals surface area contributed by atoms with Crippen LogP contribution >= 0.6 is 34.2 Å². The van der Waals surface area contributed by atoms with Crippen LogP contribution in [0.3, 0.4) is 0 Å². The fourth-order valence-corrected chi connectivity index (χ4v) is 2.85. The van der Waals surface area contributed by atoms with Crippen molar-refractivity contribution >= 4 is 57.9 Å². The molecule has 0 aromatic heterocycles. The van der Waals surface area contributed by atoms with E-state index in [2.05, 4.69) is 38.4 Å². The van der Waals surface area contributed by atoms with Crippen molar-refractivity contribution < 1.29 is 9.59 Å². The summed E-state index contributed by atoms with van der Waals surface area (Å²) in [6, 6.07) is 12.9. The highest BCUT2D eigenvalue weighted by Gasteiger charge is 2.08. The van der Waals surface area contributed by atoms with Crippen LogP contribution in [0.25, 0.3) is 0 Å². The summed E-state index contributed by atoms with van der Waals surface area (Å²) in [6.45, 7) is 1.92. The van der Waals surface area contributed by atoms with Crippen LogP contribution in [0.15, 0.2) is 47.6 Å². The molecule has 0 saturated carbocycles. The average molecular weight is 470 g/mol. The van der Waals surface area contributed by atoms with Gasteiger partial charge in [-0.1, -0.05) is 29.8 Å². The first-order chi connectivity index (χ1) is 12.0. The van der Waals surface area contributed by atoms with E-state index in [9.17, 15) is 9.59 Å². The first-order valence-corrected chi connectivity index (χ1v) is 9.04. The molecule has 7 heteroatoms. The second-order valence-corrected chi connectivity index (χ2v) is 6.97. The summed E-state index contributed by atoms with van der Waals surface area (Å²) in [6.07, 6.45) is 1.60. The van der Waals surface area contributed by atoms with Gasteiger partial charge in [-0.3, -0.25) is 9.59 Å². The van der Waals surface area contributed by atoms with Crippen molar-refractivity contribution in [3.05, 3.63) is 62.2 Å².